The molecule has 5 N–H and O–H groups in total. The Bertz CT molecular complexity index is 460. The minimum Gasteiger partial charge on any atom is -0.493 e. The van der Waals surface area contributed by atoms with Crippen LogP contribution in [0.2, 0.25) is 0 Å². The largest absolute Gasteiger partial charge is 0.493 e. The number of carboxylic acids is 1. The Hall–Kier alpha value is -1.64. The van der Waals surface area contributed by atoms with Crippen molar-refractivity contribution in [3.05, 3.63) is 11.5 Å². The van der Waals surface area contributed by atoms with Gasteiger partial charge in [-0.3, -0.25) is 4.99 Å². The Labute approximate surface area is 122 Å². The number of rotatable bonds is 6. The first-order valence-corrected chi connectivity index (χ1v) is 6.51. The first-order valence-electron chi connectivity index (χ1n) is 6.51. The van der Waals surface area contributed by atoms with Gasteiger partial charge in [0.1, 0.15) is 0 Å². The molecule has 1 aliphatic rings. The van der Waals surface area contributed by atoms with Crippen molar-refractivity contribution >= 4 is 11.7 Å². The predicted octanol–water partition coefficient (Wildman–Crippen LogP) is -1.14. The molecule has 0 aromatic rings. The smallest absolute Gasteiger partial charge is 0.328 e. The van der Waals surface area contributed by atoms with E-state index in [0.717, 1.165) is 0 Å². The molecule has 1 rings (SSSR count). The number of aliphatic carboxylic acids is 1. The molecule has 1 aliphatic carbocycles. The van der Waals surface area contributed by atoms with Gasteiger partial charge in [0.15, 0.2) is 11.8 Å². The number of nitrogens with zero attached hydrogens (tertiary/aromatic N) is 1. The van der Waals surface area contributed by atoms with E-state index in [2.05, 4.69) is 10.3 Å². The molecule has 0 saturated carbocycles. The zero-order valence-corrected chi connectivity index (χ0v) is 12.3. The van der Waals surface area contributed by atoms with Crippen molar-refractivity contribution in [3.63, 3.8) is 0 Å². The number of aliphatic hydroxyl groups is 3. The highest BCUT2D eigenvalue weighted by Gasteiger charge is 2.39. The van der Waals surface area contributed by atoms with Crippen LogP contribution in [-0.2, 0) is 9.53 Å². The lowest BCUT2D eigenvalue weighted by atomic mass is 9.85. The SMILES string of the molecule is CN=C1CC(O)(CO)CC(N[C@H](C(=O)O)[C@@H](C)O)=C1OC. The molecule has 0 aliphatic heterocycles. The van der Waals surface area contributed by atoms with E-state index in [4.69, 9.17) is 9.84 Å². The predicted molar refractivity (Wildman–Crippen MR) is 74.9 cm³/mol. The van der Waals surface area contributed by atoms with Crippen LogP contribution in [0.15, 0.2) is 16.4 Å². The number of carbonyl (C=O) groups is 1. The summed E-state index contributed by atoms with van der Waals surface area (Å²) in [5.74, 6) is -0.913. The fraction of sp³-hybridized carbons (Fsp3) is 0.692. The van der Waals surface area contributed by atoms with Crippen molar-refractivity contribution in [3.8, 4) is 0 Å². The van der Waals surface area contributed by atoms with Gasteiger partial charge >= 0.3 is 5.97 Å². The number of hydrogen-bond acceptors (Lipinski definition) is 7. The Morgan fingerprint density at radius 2 is 2.14 bits per heavy atom. The molecule has 0 fully saturated rings. The van der Waals surface area contributed by atoms with Crippen molar-refractivity contribution in [2.24, 2.45) is 4.99 Å². The summed E-state index contributed by atoms with van der Waals surface area (Å²) in [5.41, 5.74) is -0.743. The van der Waals surface area contributed by atoms with Crippen LogP contribution in [0.25, 0.3) is 0 Å². The van der Waals surface area contributed by atoms with Crippen LogP contribution in [-0.4, -0.2) is 70.6 Å². The van der Waals surface area contributed by atoms with E-state index in [-0.39, 0.29) is 18.5 Å². The highest BCUT2D eigenvalue weighted by atomic mass is 16.5. The van der Waals surface area contributed by atoms with Gasteiger partial charge in [-0.2, -0.15) is 0 Å². The third kappa shape index (κ3) is 3.93. The third-order valence-corrected chi connectivity index (χ3v) is 3.39. The van der Waals surface area contributed by atoms with Gasteiger partial charge in [-0.05, 0) is 6.92 Å². The van der Waals surface area contributed by atoms with Gasteiger partial charge in [0, 0.05) is 19.9 Å². The second-order valence-corrected chi connectivity index (χ2v) is 5.12. The molecule has 0 aromatic carbocycles. The Kier molecular flexibility index (Phi) is 5.70. The average molecular weight is 302 g/mol. The highest BCUT2D eigenvalue weighted by Crippen LogP contribution is 2.30. The normalized spacial score (nSPS) is 27.4. The molecule has 3 atom stereocenters. The van der Waals surface area contributed by atoms with Gasteiger partial charge in [0.2, 0.25) is 0 Å². The van der Waals surface area contributed by atoms with Crippen LogP contribution in [0.5, 0.6) is 0 Å². The number of aliphatic imine (C=N–C) groups is 1. The molecule has 120 valence electrons. The van der Waals surface area contributed by atoms with Crippen LogP contribution in [0.1, 0.15) is 19.8 Å². The summed E-state index contributed by atoms with van der Waals surface area (Å²) in [6.07, 6.45) is -1.08. The van der Waals surface area contributed by atoms with Crippen molar-refractivity contribution in [2.45, 2.75) is 37.5 Å². The van der Waals surface area contributed by atoms with E-state index >= 15 is 0 Å². The second-order valence-electron chi connectivity index (χ2n) is 5.12. The van der Waals surface area contributed by atoms with E-state index in [1.165, 1.54) is 21.1 Å². The maximum Gasteiger partial charge on any atom is 0.328 e. The number of aliphatic hydroxyl groups excluding tert-OH is 2. The monoisotopic (exact) mass is 302 g/mol. The maximum atomic E-state index is 11.2. The van der Waals surface area contributed by atoms with E-state index in [9.17, 15) is 20.1 Å². The number of ether oxygens (including phenoxy) is 1. The molecule has 21 heavy (non-hydrogen) atoms. The fourth-order valence-electron chi connectivity index (χ4n) is 2.26. The summed E-state index contributed by atoms with van der Waals surface area (Å²) < 4.78 is 5.22. The molecular formula is C13H22N2O6. The topological polar surface area (TPSA) is 132 Å². The van der Waals surface area contributed by atoms with Crippen LogP contribution >= 0.6 is 0 Å². The Morgan fingerprint density at radius 3 is 2.52 bits per heavy atom. The molecule has 8 nitrogen and oxygen atoms in total. The van der Waals surface area contributed by atoms with Crippen molar-refractivity contribution in [1.82, 2.24) is 5.32 Å². The fourth-order valence-corrected chi connectivity index (χ4v) is 2.26. The molecule has 0 bridgehead atoms. The van der Waals surface area contributed by atoms with E-state index in [0.29, 0.717) is 11.5 Å². The van der Waals surface area contributed by atoms with Crippen LogP contribution in [0.4, 0.5) is 0 Å². The summed E-state index contributed by atoms with van der Waals surface area (Å²) in [6.45, 7) is 0.843. The Balaban J connectivity index is 3.19. The van der Waals surface area contributed by atoms with Gasteiger partial charge in [0.05, 0.1) is 36.8 Å². The van der Waals surface area contributed by atoms with Gasteiger partial charge in [0.25, 0.3) is 0 Å². The molecule has 0 saturated heterocycles. The highest BCUT2D eigenvalue weighted by molar-refractivity contribution is 6.00. The molecule has 0 aromatic heterocycles. The van der Waals surface area contributed by atoms with E-state index in [1.807, 2.05) is 0 Å². The molecule has 0 radical (unpaired) electrons. The molecule has 1 unspecified atom stereocenters. The number of hydrogen-bond donors (Lipinski definition) is 5. The minimum atomic E-state index is -1.44. The number of nitrogens with one attached hydrogen (secondary N) is 1. The average Bonchev–Trinajstić information content (AvgIpc) is 2.43. The molecule has 0 heterocycles. The summed E-state index contributed by atoms with van der Waals surface area (Å²) in [7, 11) is 2.92. The van der Waals surface area contributed by atoms with E-state index < -0.39 is 30.3 Å². The third-order valence-electron chi connectivity index (χ3n) is 3.39. The standard InChI is InChI=1S/C13H22N2O6/c1-7(17)10(12(18)19)15-9-5-13(20,6-16)4-8(14-2)11(9)21-3/h7,10,15-17,20H,4-6H2,1-3H3,(H,18,19)/t7-,10+,13?/m1/s1. The van der Waals surface area contributed by atoms with Gasteiger partial charge < -0.3 is 30.5 Å². The summed E-state index contributed by atoms with van der Waals surface area (Å²) in [4.78, 5) is 15.2. The number of carboxylic acid groups (broad SMARTS) is 1. The first-order chi connectivity index (χ1) is 9.77. The molecule has 0 amide bonds. The zero-order valence-electron chi connectivity index (χ0n) is 12.3. The lowest BCUT2D eigenvalue weighted by Crippen LogP contribution is -2.49. The quantitative estimate of drug-likeness (QED) is 0.419. The van der Waals surface area contributed by atoms with Crippen LogP contribution < -0.4 is 5.32 Å². The van der Waals surface area contributed by atoms with Crippen molar-refractivity contribution < 1.29 is 30.0 Å². The molecule has 8 heteroatoms. The first kappa shape index (κ1) is 17.4. The lowest BCUT2D eigenvalue weighted by Gasteiger charge is -2.35. The van der Waals surface area contributed by atoms with Crippen LogP contribution in [0, 0.1) is 0 Å². The summed E-state index contributed by atoms with van der Waals surface area (Å²) in [5, 5.41) is 40.9. The van der Waals surface area contributed by atoms with Gasteiger partial charge in [-0.15, -0.1) is 0 Å². The van der Waals surface area contributed by atoms with Gasteiger partial charge in [-0.1, -0.05) is 0 Å². The molecular weight excluding hydrogens is 280 g/mol. The van der Waals surface area contributed by atoms with Gasteiger partial charge in [-0.25, -0.2) is 4.79 Å². The van der Waals surface area contributed by atoms with E-state index in [1.54, 1.807) is 0 Å². The lowest BCUT2D eigenvalue weighted by molar-refractivity contribution is -0.142. The second kappa shape index (κ2) is 6.88. The number of allylic oxidation sites excluding steroid dienone is 1. The summed E-state index contributed by atoms with van der Waals surface area (Å²) >= 11 is 0. The number of methoxy groups -OCH3 is 1. The van der Waals surface area contributed by atoms with Crippen molar-refractivity contribution in [2.75, 3.05) is 20.8 Å². The van der Waals surface area contributed by atoms with Crippen molar-refractivity contribution in [1.29, 1.82) is 0 Å². The molecule has 0 spiro atoms. The Morgan fingerprint density at radius 1 is 1.52 bits per heavy atom. The summed E-state index contributed by atoms with van der Waals surface area (Å²) in [6, 6.07) is -1.26. The van der Waals surface area contributed by atoms with Crippen LogP contribution in [0.3, 0.4) is 0 Å². The maximum absolute atomic E-state index is 11.2. The minimum absolute atomic E-state index is 0.0256. The zero-order chi connectivity index (χ0) is 16.2.